The molecule has 0 radical (unpaired) electrons. The lowest BCUT2D eigenvalue weighted by atomic mass is 10.2. The number of rotatable bonds is 10. The average Bonchev–Trinajstić information content (AvgIpc) is 3.17. The first-order valence-corrected chi connectivity index (χ1v) is 10.1. The number of nitrogens with zero attached hydrogens (tertiary/aromatic N) is 2. The van der Waals surface area contributed by atoms with Gasteiger partial charge in [-0.15, -0.1) is 0 Å². The van der Waals surface area contributed by atoms with Gasteiger partial charge in [0.05, 0.1) is 18.5 Å². The van der Waals surface area contributed by atoms with Crippen LogP contribution < -0.4 is 10.6 Å². The number of alkyl halides is 3. The number of hydrogen-bond acceptors (Lipinski definition) is 5. The highest BCUT2D eigenvalue weighted by Crippen LogP contribution is 2.34. The molecule has 11 heteroatoms. The maximum Gasteiger partial charge on any atom is 0.434 e. The molecule has 1 aromatic heterocycles. The minimum atomic E-state index is -4.83. The van der Waals surface area contributed by atoms with Crippen LogP contribution in [0.15, 0.2) is 30.5 Å². The lowest BCUT2D eigenvalue weighted by Crippen LogP contribution is -2.20. The zero-order valence-electron chi connectivity index (χ0n) is 17.8. The van der Waals surface area contributed by atoms with E-state index < -0.39 is 23.4 Å². The maximum absolute atomic E-state index is 13.6. The third-order valence-electron chi connectivity index (χ3n) is 4.38. The van der Waals surface area contributed by atoms with Gasteiger partial charge in [0, 0.05) is 25.6 Å². The summed E-state index contributed by atoms with van der Waals surface area (Å²) in [4.78, 5) is 34.7. The fourth-order valence-corrected chi connectivity index (χ4v) is 2.94. The quantitative estimate of drug-likeness (QED) is 0.421. The number of benzene rings is 1. The lowest BCUT2D eigenvalue weighted by molar-refractivity contribution is -0.143. The van der Waals surface area contributed by atoms with Crippen LogP contribution >= 0.6 is 0 Å². The van der Waals surface area contributed by atoms with Crippen molar-refractivity contribution < 1.29 is 32.3 Å². The predicted molar refractivity (Wildman–Crippen MR) is 110 cm³/mol. The summed E-state index contributed by atoms with van der Waals surface area (Å²) in [6, 6.07) is 5.63. The van der Waals surface area contributed by atoms with Gasteiger partial charge in [0.25, 0.3) is 0 Å². The number of ether oxygens (including phenoxy) is 1. The van der Waals surface area contributed by atoms with Crippen LogP contribution in [-0.4, -0.2) is 40.7 Å². The topological polar surface area (TPSA) is 102 Å². The van der Waals surface area contributed by atoms with Gasteiger partial charge in [0.2, 0.25) is 11.8 Å². The van der Waals surface area contributed by atoms with E-state index in [1.165, 1.54) is 38.1 Å². The molecule has 32 heavy (non-hydrogen) atoms. The van der Waals surface area contributed by atoms with Crippen LogP contribution in [0, 0.1) is 0 Å². The van der Waals surface area contributed by atoms with Gasteiger partial charge < -0.3 is 15.4 Å². The van der Waals surface area contributed by atoms with E-state index in [2.05, 4.69) is 20.5 Å². The molecular formula is C21H25F3N4O4. The van der Waals surface area contributed by atoms with E-state index >= 15 is 0 Å². The minimum absolute atomic E-state index is 0.0645. The van der Waals surface area contributed by atoms with Gasteiger partial charge in [-0.3, -0.25) is 9.59 Å². The SMILES string of the molecule is CCOC(=O)c1cnn(-c2ccc(NC(=O)CCCCCNC(C)=O)cc2)c1C(F)(F)F. The third kappa shape index (κ3) is 7.10. The van der Waals surface area contributed by atoms with Crippen LogP contribution in [0.25, 0.3) is 5.69 Å². The van der Waals surface area contributed by atoms with Gasteiger partial charge in [-0.1, -0.05) is 6.42 Å². The Labute approximate surface area is 183 Å². The Morgan fingerprint density at radius 1 is 1.09 bits per heavy atom. The molecule has 0 atom stereocenters. The minimum Gasteiger partial charge on any atom is -0.462 e. The molecule has 0 aliphatic heterocycles. The Morgan fingerprint density at radius 2 is 1.78 bits per heavy atom. The van der Waals surface area contributed by atoms with E-state index in [9.17, 15) is 27.6 Å². The number of hydrogen-bond donors (Lipinski definition) is 2. The molecule has 1 aromatic carbocycles. The molecule has 1 heterocycles. The van der Waals surface area contributed by atoms with Crippen molar-refractivity contribution >= 4 is 23.5 Å². The zero-order valence-corrected chi connectivity index (χ0v) is 17.8. The number of carbonyl (C=O) groups is 3. The number of aromatic nitrogens is 2. The van der Waals surface area contributed by atoms with Crippen LogP contribution in [0.4, 0.5) is 18.9 Å². The Balaban J connectivity index is 2.01. The molecular weight excluding hydrogens is 429 g/mol. The van der Waals surface area contributed by atoms with Crippen LogP contribution in [-0.2, 0) is 20.5 Å². The van der Waals surface area contributed by atoms with Crippen molar-refractivity contribution in [1.82, 2.24) is 15.1 Å². The number of amides is 2. The van der Waals surface area contributed by atoms with Gasteiger partial charge in [-0.25, -0.2) is 9.48 Å². The molecule has 0 aliphatic carbocycles. The molecule has 0 bridgehead atoms. The Hall–Kier alpha value is -3.37. The summed E-state index contributed by atoms with van der Waals surface area (Å²) in [6.45, 7) is 3.43. The van der Waals surface area contributed by atoms with Crippen molar-refractivity contribution in [3.05, 3.63) is 41.7 Å². The third-order valence-corrected chi connectivity index (χ3v) is 4.38. The molecule has 0 saturated carbocycles. The summed E-state index contributed by atoms with van der Waals surface area (Å²) in [5.41, 5.74) is -1.41. The molecule has 2 N–H and O–H groups in total. The summed E-state index contributed by atoms with van der Waals surface area (Å²) in [5.74, 6) is -1.43. The molecule has 8 nitrogen and oxygen atoms in total. The van der Waals surface area contributed by atoms with Crippen LogP contribution in [0.2, 0.25) is 0 Å². The summed E-state index contributed by atoms with van der Waals surface area (Å²) < 4.78 is 46.0. The van der Waals surface area contributed by atoms with E-state index in [0.29, 0.717) is 23.3 Å². The summed E-state index contributed by atoms with van der Waals surface area (Å²) in [7, 11) is 0. The summed E-state index contributed by atoms with van der Waals surface area (Å²) in [6.07, 6.45) is -1.55. The normalized spacial score (nSPS) is 11.2. The van der Waals surface area contributed by atoms with Crippen LogP contribution in [0.1, 0.15) is 55.6 Å². The number of carbonyl (C=O) groups excluding carboxylic acids is 3. The standard InChI is InChI=1S/C21H25F3N4O4/c1-3-32-20(31)17-13-26-28(19(17)21(22,23)24)16-10-8-15(9-11-16)27-18(30)7-5-4-6-12-25-14(2)29/h8-11,13H,3-7,12H2,1-2H3,(H,25,29)(H,27,30). The second kappa shape index (κ2) is 11.3. The van der Waals surface area contributed by atoms with Gasteiger partial charge >= 0.3 is 12.1 Å². The molecule has 2 aromatic rings. The average molecular weight is 454 g/mol. The maximum atomic E-state index is 13.6. The fraction of sp³-hybridized carbons (Fsp3) is 0.429. The first kappa shape index (κ1) is 24.9. The lowest BCUT2D eigenvalue weighted by Gasteiger charge is -2.13. The van der Waals surface area contributed by atoms with Crippen molar-refractivity contribution in [2.75, 3.05) is 18.5 Å². The number of esters is 1. The molecule has 2 amide bonds. The van der Waals surface area contributed by atoms with Gasteiger partial charge in [-0.2, -0.15) is 18.3 Å². The Kier molecular flexibility index (Phi) is 8.80. The number of nitrogens with one attached hydrogen (secondary N) is 2. The van der Waals surface area contributed by atoms with Gasteiger partial charge in [0.15, 0.2) is 5.69 Å². The zero-order chi connectivity index (χ0) is 23.7. The van der Waals surface area contributed by atoms with Crippen LogP contribution in [0.3, 0.4) is 0 Å². The number of halogens is 3. The molecule has 2 rings (SSSR count). The highest BCUT2D eigenvalue weighted by molar-refractivity contribution is 5.91. The van der Waals surface area contributed by atoms with E-state index in [1.54, 1.807) is 0 Å². The fourth-order valence-electron chi connectivity index (χ4n) is 2.94. The van der Waals surface area contributed by atoms with Crippen LogP contribution in [0.5, 0.6) is 0 Å². The molecule has 0 fully saturated rings. The van der Waals surface area contributed by atoms with Gasteiger partial charge in [0.1, 0.15) is 5.56 Å². The highest BCUT2D eigenvalue weighted by atomic mass is 19.4. The van der Waals surface area contributed by atoms with E-state index in [4.69, 9.17) is 0 Å². The van der Waals surface area contributed by atoms with Crippen molar-refractivity contribution in [1.29, 1.82) is 0 Å². The smallest absolute Gasteiger partial charge is 0.434 e. The van der Waals surface area contributed by atoms with Crippen molar-refractivity contribution in [3.8, 4) is 5.69 Å². The Morgan fingerprint density at radius 3 is 2.38 bits per heavy atom. The van der Waals surface area contributed by atoms with Crippen molar-refractivity contribution in [2.24, 2.45) is 0 Å². The molecule has 0 saturated heterocycles. The van der Waals surface area contributed by atoms with E-state index in [-0.39, 0.29) is 30.5 Å². The second-order valence-electron chi connectivity index (χ2n) is 6.93. The van der Waals surface area contributed by atoms with Crippen molar-refractivity contribution in [3.63, 3.8) is 0 Å². The molecule has 0 aliphatic rings. The first-order chi connectivity index (χ1) is 15.1. The summed E-state index contributed by atoms with van der Waals surface area (Å²) >= 11 is 0. The van der Waals surface area contributed by atoms with Crippen molar-refractivity contribution in [2.45, 2.75) is 45.7 Å². The van der Waals surface area contributed by atoms with E-state index in [0.717, 1.165) is 19.0 Å². The predicted octanol–water partition coefficient (Wildman–Crippen LogP) is 3.70. The molecule has 0 unspecified atom stereocenters. The largest absolute Gasteiger partial charge is 0.462 e. The second-order valence-corrected chi connectivity index (χ2v) is 6.93. The highest BCUT2D eigenvalue weighted by Gasteiger charge is 2.41. The summed E-state index contributed by atoms with van der Waals surface area (Å²) in [5, 5.41) is 9.06. The first-order valence-electron chi connectivity index (χ1n) is 10.1. The van der Waals surface area contributed by atoms with Gasteiger partial charge in [-0.05, 0) is 44.0 Å². The monoisotopic (exact) mass is 454 g/mol. The molecule has 0 spiro atoms. The Bertz CT molecular complexity index is 940. The number of anilines is 1. The van der Waals surface area contributed by atoms with E-state index in [1.807, 2.05) is 0 Å². The number of unbranched alkanes of at least 4 members (excludes halogenated alkanes) is 2. The molecule has 174 valence electrons.